The highest BCUT2D eigenvalue weighted by molar-refractivity contribution is 9.10. The maximum atomic E-state index is 11.8. The first kappa shape index (κ1) is 16.8. The minimum atomic E-state index is -0.567. The molecule has 0 bridgehead atoms. The number of carbonyl (C=O) groups is 1. The van der Waals surface area contributed by atoms with E-state index < -0.39 is 15.8 Å². The summed E-state index contributed by atoms with van der Waals surface area (Å²) in [5.41, 5.74) is 0.104. The lowest BCUT2D eigenvalue weighted by Crippen LogP contribution is -2.08. The zero-order chi connectivity index (χ0) is 17.0. The smallest absolute Gasteiger partial charge is 0.321 e. The van der Waals surface area contributed by atoms with E-state index in [1.807, 2.05) is 0 Å². The Labute approximate surface area is 141 Å². The molecule has 0 aliphatic carbocycles. The first-order valence-electron chi connectivity index (χ1n) is 6.04. The Morgan fingerprint density at radius 2 is 1.91 bits per heavy atom. The lowest BCUT2D eigenvalue weighted by Gasteiger charge is -2.04. The van der Waals surface area contributed by atoms with Crippen LogP contribution in [0, 0.1) is 20.2 Å². The molecule has 0 saturated carbocycles. The number of hydrogen-bond donors (Lipinski definition) is 1. The molecule has 1 heterocycles. The van der Waals surface area contributed by atoms with Crippen LogP contribution < -0.4 is 5.32 Å². The molecule has 2 rings (SSSR count). The Bertz CT molecular complexity index is 818. The van der Waals surface area contributed by atoms with Crippen molar-refractivity contribution in [2.45, 2.75) is 0 Å². The van der Waals surface area contributed by atoms with Gasteiger partial charge in [0.1, 0.15) is 0 Å². The minimum Gasteiger partial charge on any atom is -0.321 e. The van der Waals surface area contributed by atoms with E-state index in [1.54, 1.807) is 0 Å². The molecule has 23 heavy (non-hydrogen) atoms. The molecule has 1 aromatic heterocycles. The Morgan fingerprint density at radius 3 is 2.52 bits per heavy atom. The van der Waals surface area contributed by atoms with Crippen molar-refractivity contribution in [2.24, 2.45) is 0 Å². The molecule has 10 heteroatoms. The Morgan fingerprint density at radius 1 is 1.17 bits per heavy atom. The van der Waals surface area contributed by atoms with Crippen LogP contribution in [-0.2, 0) is 4.79 Å². The first-order chi connectivity index (χ1) is 10.9. The van der Waals surface area contributed by atoms with Crippen LogP contribution in [0.3, 0.4) is 0 Å². The number of carbonyl (C=O) groups excluding carboxylic acids is 1. The average molecular weight is 398 g/mol. The van der Waals surface area contributed by atoms with Gasteiger partial charge in [-0.25, -0.2) is 0 Å². The van der Waals surface area contributed by atoms with Crippen molar-refractivity contribution in [3.05, 3.63) is 66.0 Å². The summed E-state index contributed by atoms with van der Waals surface area (Å²) in [6.45, 7) is 0. The van der Waals surface area contributed by atoms with Crippen molar-refractivity contribution in [2.75, 3.05) is 5.32 Å². The molecule has 1 aromatic carbocycles. The van der Waals surface area contributed by atoms with Crippen LogP contribution in [0.2, 0.25) is 0 Å². The standard InChI is InChI=1S/C13H8BrN3O5S/c14-10-4-1-8(16(19)20)7-11(10)15-12(18)5-2-9-3-6-13(23-9)17(21)22/h1-7H,(H,15,18)/b5-2+. The molecule has 0 atom stereocenters. The third-order valence-electron chi connectivity index (χ3n) is 2.61. The van der Waals surface area contributed by atoms with Crippen LogP contribution in [0.25, 0.3) is 6.08 Å². The summed E-state index contributed by atoms with van der Waals surface area (Å²) >= 11 is 4.12. The van der Waals surface area contributed by atoms with Crippen LogP contribution in [-0.4, -0.2) is 15.8 Å². The highest BCUT2D eigenvalue weighted by atomic mass is 79.9. The number of anilines is 1. The summed E-state index contributed by atoms with van der Waals surface area (Å²) in [6.07, 6.45) is 2.62. The molecular weight excluding hydrogens is 390 g/mol. The van der Waals surface area contributed by atoms with E-state index in [4.69, 9.17) is 0 Å². The summed E-state index contributed by atoms with van der Waals surface area (Å²) < 4.78 is 0.497. The largest absolute Gasteiger partial charge is 0.324 e. The normalized spacial score (nSPS) is 10.7. The molecule has 8 nitrogen and oxygen atoms in total. The van der Waals surface area contributed by atoms with Gasteiger partial charge in [-0.3, -0.25) is 25.0 Å². The number of nitro benzene ring substituents is 1. The molecule has 0 aliphatic rings. The molecule has 1 amide bonds. The monoisotopic (exact) mass is 397 g/mol. The van der Waals surface area contributed by atoms with Gasteiger partial charge in [0.25, 0.3) is 5.69 Å². The lowest BCUT2D eigenvalue weighted by molar-refractivity contribution is -0.384. The number of hydrogen-bond acceptors (Lipinski definition) is 6. The molecule has 0 unspecified atom stereocenters. The average Bonchev–Trinajstić information content (AvgIpc) is 2.96. The fourth-order valence-corrected chi connectivity index (χ4v) is 2.65. The van der Waals surface area contributed by atoms with E-state index in [-0.39, 0.29) is 16.4 Å². The number of benzene rings is 1. The Balaban J connectivity index is 2.09. The number of rotatable bonds is 5. The fraction of sp³-hybridized carbons (Fsp3) is 0. The second-order valence-electron chi connectivity index (χ2n) is 4.18. The van der Waals surface area contributed by atoms with Gasteiger partial charge in [0.2, 0.25) is 5.91 Å². The maximum absolute atomic E-state index is 11.8. The van der Waals surface area contributed by atoms with Crippen molar-refractivity contribution in [1.82, 2.24) is 0 Å². The maximum Gasteiger partial charge on any atom is 0.324 e. The van der Waals surface area contributed by atoms with E-state index in [0.717, 1.165) is 11.3 Å². The van der Waals surface area contributed by atoms with E-state index in [9.17, 15) is 25.0 Å². The van der Waals surface area contributed by atoms with E-state index in [1.165, 1.54) is 42.5 Å². The second-order valence-corrected chi connectivity index (χ2v) is 6.13. The Hall–Kier alpha value is -2.59. The third kappa shape index (κ3) is 4.44. The first-order valence-corrected chi connectivity index (χ1v) is 7.65. The van der Waals surface area contributed by atoms with Crippen LogP contribution >= 0.6 is 27.3 Å². The number of non-ortho nitro benzene ring substituents is 1. The van der Waals surface area contributed by atoms with Gasteiger partial charge in [0.15, 0.2) is 0 Å². The molecule has 1 N–H and O–H groups in total. The van der Waals surface area contributed by atoms with Gasteiger partial charge in [-0.15, -0.1) is 0 Å². The number of nitrogens with one attached hydrogen (secondary N) is 1. The van der Waals surface area contributed by atoms with Crippen LogP contribution in [0.15, 0.2) is 40.9 Å². The highest BCUT2D eigenvalue weighted by Gasteiger charge is 2.11. The van der Waals surface area contributed by atoms with Crippen LogP contribution in [0.5, 0.6) is 0 Å². The number of nitrogens with zero attached hydrogens (tertiary/aromatic N) is 2. The molecule has 118 valence electrons. The van der Waals surface area contributed by atoms with Crippen LogP contribution in [0.4, 0.5) is 16.4 Å². The second kappa shape index (κ2) is 7.11. The van der Waals surface area contributed by atoms with Gasteiger partial charge in [0.05, 0.1) is 15.5 Å². The summed E-state index contributed by atoms with van der Waals surface area (Å²) in [6, 6.07) is 6.86. The van der Waals surface area contributed by atoms with Gasteiger partial charge < -0.3 is 5.32 Å². The number of amides is 1. The van der Waals surface area contributed by atoms with Crippen molar-refractivity contribution >= 4 is 55.6 Å². The summed E-state index contributed by atoms with van der Waals surface area (Å²) in [7, 11) is 0. The van der Waals surface area contributed by atoms with Crippen molar-refractivity contribution in [3.63, 3.8) is 0 Å². The quantitative estimate of drug-likeness (QED) is 0.465. The van der Waals surface area contributed by atoms with Gasteiger partial charge in [0, 0.05) is 33.6 Å². The van der Waals surface area contributed by atoms with Crippen molar-refractivity contribution in [1.29, 1.82) is 0 Å². The fourth-order valence-electron chi connectivity index (χ4n) is 1.58. The van der Waals surface area contributed by atoms with Gasteiger partial charge >= 0.3 is 5.00 Å². The summed E-state index contributed by atoms with van der Waals surface area (Å²) in [4.78, 5) is 32.6. The number of nitro groups is 2. The predicted molar refractivity (Wildman–Crippen MR) is 89.4 cm³/mol. The van der Waals surface area contributed by atoms with Gasteiger partial charge in [-0.2, -0.15) is 0 Å². The molecule has 0 saturated heterocycles. The molecule has 0 fully saturated rings. The van der Waals surface area contributed by atoms with Crippen molar-refractivity contribution in [3.8, 4) is 0 Å². The minimum absolute atomic E-state index is 0.0218. The van der Waals surface area contributed by atoms with Gasteiger partial charge in [-0.05, 0) is 34.1 Å². The van der Waals surface area contributed by atoms with Crippen molar-refractivity contribution < 1.29 is 14.6 Å². The topological polar surface area (TPSA) is 115 Å². The summed E-state index contributed by atoms with van der Waals surface area (Å²) in [5.74, 6) is -0.512. The van der Waals surface area contributed by atoms with Crippen LogP contribution in [0.1, 0.15) is 4.88 Å². The zero-order valence-corrected chi connectivity index (χ0v) is 13.7. The van der Waals surface area contributed by atoms with E-state index in [2.05, 4.69) is 21.2 Å². The SMILES string of the molecule is O=C(/C=C/c1ccc([N+](=O)[O-])s1)Nc1cc([N+](=O)[O-])ccc1Br. The van der Waals surface area contributed by atoms with Gasteiger partial charge in [-0.1, -0.05) is 11.3 Å². The van der Waals surface area contributed by atoms with E-state index >= 15 is 0 Å². The number of thiophene rings is 1. The zero-order valence-electron chi connectivity index (χ0n) is 11.3. The predicted octanol–water partition coefficient (Wildman–Crippen LogP) is 3.98. The summed E-state index contributed by atoms with van der Waals surface area (Å²) in [5, 5.41) is 23.8. The molecule has 0 spiro atoms. The Kier molecular flexibility index (Phi) is 5.19. The third-order valence-corrected chi connectivity index (χ3v) is 4.30. The number of halogens is 1. The molecular formula is C13H8BrN3O5S. The highest BCUT2D eigenvalue weighted by Crippen LogP contribution is 2.27. The van der Waals surface area contributed by atoms with E-state index in [0.29, 0.717) is 9.35 Å². The molecule has 2 aromatic rings. The molecule has 0 radical (unpaired) electrons. The lowest BCUT2D eigenvalue weighted by atomic mass is 10.2. The molecule has 0 aliphatic heterocycles.